The Bertz CT molecular complexity index is 5270. The van der Waals surface area contributed by atoms with Crippen molar-refractivity contribution in [3.05, 3.63) is 328 Å². The molecular weight excluding hydrogens is 1080 g/mol. The van der Waals surface area contributed by atoms with Gasteiger partial charge in [0.2, 0.25) is 0 Å². The van der Waals surface area contributed by atoms with Crippen molar-refractivity contribution in [2.24, 2.45) is 0 Å². The molecule has 0 aromatic heterocycles. The Labute approximate surface area is 520 Å². The normalized spacial score (nSPS) is 12.0. The Morgan fingerprint density at radius 1 is 0.100 bits per heavy atom. The first kappa shape index (κ1) is 50.5. The van der Waals surface area contributed by atoms with Crippen LogP contribution in [-0.2, 0) is 0 Å². The van der Waals surface area contributed by atoms with E-state index in [2.05, 4.69) is 328 Å². The molecule has 19 rings (SSSR count). The predicted molar refractivity (Wildman–Crippen MR) is 389 cm³/mol. The van der Waals surface area contributed by atoms with Gasteiger partial charge in [0.25, 0.3) is 0 Å². The topological polar surface area (TPSA) is 0 Å². The number of fused-ring (bicyclic) bond motifs is 18. The highest BCUT2D eigenvalue weighted by Crippen LogP contribution is 2.58. The van der Waals surface area contributed by atoms with Gasteiger partial charge in [0.1, 0.15) is 0 Å². The lowest BCUT2D eigenvalue weighted by Crippen LogP contribution is -2.03. The smallest absolute Gasteiger partial charge is 0.00136 e. The van der Waals surface area contributed by atoms with Crippen LogP contribution in [0.5, 0.6) is 0 Å². The van der Waals surface area contributed by atoms with E-state index < -0.39 is 0 Å². The van der Waals surface area contributed by atoms with E-state index in [1.54, 1.807) is 0 Å². The van der Waals surface area contributed by atoms with Gasteiger partial charge in [-0.2, -0.15) is 0 Å². The Morgan fingerprint density at radius 3 is 0.400 bits per heavy atom. The van der Waals surface area contributed by atoms with Crippen molar-refractivity contribution in [1.29, 1.82) is 0 Å². The van der Waals surface area contributed by atoms with Gasteiger partial charge in [0.05, 0.1) is 0 Å². The lowest BCUT2D eigenvalue weighted by Gasteiger charge is -2.29. The lowest BCUT2D eigenvalue weighted by atomic mass is 9.73. The Balaban J connectivity index is 1.05. The maximum absolute atomic E-state index is 2.49. The molecule has 0 aliphatic rings. The number of hydrogen-bond donors (Lipinski definition) is 0. The van der Waals surface area contributed by atoms with Crippen LogP contribution in [0.1, 0.15) is 0 Å². The highest BCUT2D eigenvalue weighted by molar-refractivity contribution is 6.22. The van der Waals surface area contributed by atoms with E-state index in [0.29, 0.717) is 0 Å². The second-order valence-electron chi connectivity index (χ2n) is 24.6. The SMILES string of the molecule is c1ccc2c(c1)ccc1cc(-c3c(-c4ccc5c(ccc6ccccc65)c4)c(-c4ccc5c(ccc6ccccc65)c4)c(-c4ccc5c(ccc6ccccc65)c4)c(-c4ccc5c(ccc6ccccc65)c4)c3-c3ccc4c(ccc5ccccc54)c3)ccc12. The molecule has 19 aromatic rings. The third-order valence-corrected chi connectivity index (χ3v) is 19.7. The molecule has 0 N–H and O–H groups in total. The largest absolute Gasteiger partial charge is 0.0616 e. The summed E-state index contributed by atoms with van der Waals surface area (Å²) in [6.07, 6.45) is 0. The van der Waals surface area contributed by atoms with E-state index in [0.717, 1.165) is 33.4 Å². The van der Waals surface area contributed by atoms with Crippen LogP contribution < -0.4 is 0 Å². The van der Waals surface area contributed by atoms with E-state index in [-0.39, 0.29) is 0 Å². The van der Waals surface area contributed by atoms with E-state index >= 15 is 0 Å². The van der Waals surface area contributed by atoms with E-state index in [1.165, 1.54) is 163 Å². The van der Waals surface area contributed by atoms with Crippen molar-refractivity contribution in [3.8, 4) is 66.8 Å². The van der Waals surface area contributed by atoms with Crippen molar-refractivity contribution in [1.82, 2.24) is 0 Å². The summed E-state index contributed by atoms with van der Waals surface area (Å²) < 4.78 is 0. The highest BCUT2D eigenvalue weighted by Gasteiger charge is 2.31. The summed E-state index contributed by atoms with van der Waals surface area (Å²) in [6.45, 7) is 0. The molecule has 0 nitrogen and oxygen atoms in total. The van der Waals surface area contributed by atoms with Gasteiger partial charge >= 0.3 is 0 Å². The van der Waals surface area contributed by atoms with E-state index in [9.17, 15) is 0 Å². The molecule has 0 fully saturated rings. The Kier molecular flexibility index (Phi) is 11.2. The minimum Gasteiger partial charge on any atom is -0.0616 e. The highest BCUT2D eigenvalue weighted by atomic mass is 14.3. The van der Waals surface area contributed by atoms with Gasteiger partial charge in [-0.3, -0.25) is 0 Å². The average Bonchev–Trinajstić information content (AvgIpc) is 0.744. The van der Waals surface area contributed by atoms with Crippen molar-refractivity contribution < 1.29 is 0 Å². The molecule has 0 saturated carbocycles. The summed E-state index contributed by atoms with van der Waals surface area (Å²) in [5.74, 6) is 0. The molecule has 414 valence electrons. The average molecular weight is 1140 g/mol. The summed E-state index contributed by atoms with van der Waals surface area (Å²) in [7, 11) is 0. The predicted octanol–water partition coefficient (Wildman–Crippen LogP) is 25.5. The van der Waals surface area contributed by atoms with Gasteiger partial charge in [-0.1, -0.05) is 291 Å². The number of benzene rings is 19. The van der Waals surface area contributed by atoms with Crippen molar-refractivity contribution in [2.45, 2.75) is 0 Å². The molecule has 0 spiro atoms. The molecule has 19 aromatic carbocycles. The van der Waals surface area contributed by atoms with Crippen LogP contribution in [0.2, 0.25) is 0 Å². The maximum Gasteiger partial charge on any atom is -0.00136 e. The summed E-state index contributed by atoms with van der Waals surface area (Å²) in [6, 6.07) is 125. The molecule has 0 atom stereocenters. The molecule has 0 bridgehead atoms. The minimum absolute atomic E-state index is 1.15. The first-order valence-electron chi connectivity index (χ1n) is 31.4. The molecule has 0 heteroatoms. The summed E-state index contributed by atoms with van der Waals surface area (Å²) in [5.41, 5.74) is 14.0. The lowest BCUT2D eigenvalue weighted by molar-refractivity contribution is 1.54. The van der Waals surface area contributed by atoms with Crippen molar-refractivity contribution in [3.63, 3.8) is 0 Å². The molecule has 0 amide bonds. The van der Waals surface area contributed by atoms with Crippen LogP contribution in [-0.4, -0.2) is 0 Å². The van der Waals surface area contributed by atoms with Crippen LogP contribution >= 0.6 is 0 Å². The van der Waals surface area contributed by atoms with Gasteiger partial charge in [-0.15, -0.1) is 0 Å². The molecule has 90 heavy (non-hydrogen) atoms. The summed E-state index contributed by atoms with van der Waals surface area (Å²) in [5, 5.41) is 29.5. The fourth-order valence-electron chi connectivity index (χ4n) is 15.5. The molecule has 0 radical (unpaired) electrons. The van der Waals surface area contributed by atoms with E-state index in [1.807, 2.05) is 0 Å². The van der Waals surface area contributed by atoms with Gasteiger partial charge in [0.15, 0.2) is 0 Å². The minimum atomic E-state index is 1.15. The number of rotatable bonds is 6. The van der Waals surface area contributed by atoms with Crippen LogP contribution in [0.25, 0.3) is 196 Å². The first-order valence-corrected chi connectivity index (χ1v) is 31.4. The second kappa shape index (κ2) is 19.9. The van der Waals surface area contributed by atoms with Crippen LogP contribution in [0.4, 0.5) is 0 Å². The van der Waals surface area contributed by atoms with E-state index in [4.69, 9.17) is 0 Å². The molecular formula is C90H54. The molecule has 0 saturated heterocycles. The first-order chi connectivity index (χ1) is 44.6. The fraction of sp³-hybridized carbons (Fsp3) is 0. The maximum atomic E-state index is 2.49. The fourth-order valence-corrected chi connectivity index (χ4v) is 15.5. The summed E-state index contributed by atoms with van der Waals surface area (Å²) in [4.78, 5) is 0. The van der Waals surface area contributed by atoms with Crippen LogP contribution in [0, 0.1) is 0 Å². The summed E-state index contributed by atoms with van der Waals surface area (Å²) >= 11 is 0. The number of hydrogen-bond acceptors (Lipinski definition) is 0. The van der Waals surface area contributed by atoms with Crippen molar-refractivity contribution >= 4 is 129 Å². The zero-order valence-electron chi connectivity index (χ0n) is 49.2. The molecule has 0 heterocycles. The Morgan fingerprint density at radius 2 is 0.233 bits per heavy atom. The standard InChI is InChI=1S/C90H54/c1-7-19-73-55(13-1)25-31-61-49-67(37-43-79(61)73)85-86(68-38-44-80-62(50-68)32-26-56-14-2-8-20-74(56)80)88(70-40-46-82-64(52-70)34-28-58-16-4-10-22-76(58)82)90(72-42-48-84-66(54-72)36-30-60-18-6-12-24-78(60)84)89(71-41-47-83-65(53-71)35-29-59-17-5-11-23-77(59)83)87(85)69-39-45-81-63(51-69)33-27-57-15-3-9-21-75(57)81/h1-54H. The molecule has 0 aliphatic carbocycles. The van der Waals surface area contributed by atoms with Gasteiger partial charge in [-0.05, 0) is 232 Å². The second-order valence-corrected chi connectivity index (χ2v) is 24.6. The zero-order valence-corrected chi connectivity index (χ0v) is 49.2. The van der Waals surface area contributed by atoms with Crippen molar-refractivity contribution in [2.75, 3.05) is 0 Å². The third-order valence-electron chi connectivity index (χ3n) is 19.7. The monoisotopic (exact) mass is 1130 g/mol. The van der Waals surface area contributed by atoms with Gasteiger partial charge in [0, 0.05) is 0 Å². The van der Waals surface area contributed by atoms with Gasteiger partial charge < -0.3 is 0 Å². The molecule has 0 unspecified atom stereocenters. The zero-order chi connectivity index (χ0) is 59.0. The van der Waals surface area contributed by atoms with Crippen LogP contribution in [0.3, 0.4) is 0 Å². The van der Waals surface area contributed by atoms with Crippen LogP contribution in [0.15, 0.2) is 328 Å². The quantitative estimate of drug-likeness (QED) is 0.146. The Hall–Kier alpha value is -11.7. The third kappa shape index (κ3) is 7.88. The molecule has 0 aliphatic heterocycles. The van der Waals surface area contributed by atoms with Gasteiger partial charge in [-0.25, -0.2) is 0 Å².